The summed E-state index contributed by atoms with van der Waals surface area (Å²) in [6, 6.07) is 4.69. The van der Waals surface area contributed by atoms with Crippen molar-refractivity contribution in [2.24, 2.45) is 7.05 Å². The third kappa shape index (κ3) is 2.07. The fraction of sp³-hybridized carbons (Fsp3) is 0.417. The molecule has 3 rings (SSSR count). The first-order valence-electron chi connectivity index (χ1n) is 6.29. The summed E-state index contributed by atoms with van der Waals surface area (Å²) in [6.45, 7) is 2.44. The van der Waals surface area contributed by atoms with E-state index in [-0.39, 0.29) is 5.69 Å². The molecule has 1 saturated heterocycles. The highest BCUT2D eigenvalue weighted by Crippen LogP contribution is 2.26. The molecule has 0 saturated carbocycles. The predicted octanol–water partition coefficient (Wildman–Crippen LogP) is -0.0583. The van der Waals surface area contributed by atoms with Gasteiger partial charge in [0.05, 0.1) is 18.9 Å². The largest absolute Gasteiger partial charge is 0.378 e. The van der Waals surface area contributed by atoms with Crippen molar-refractivity contribution in [3.8, 4) is 5.69 Å². The molecular formula is C12H14FN5O2. The van der Waals surface area contributed by atoms with Crippen molar-refractivity contribution in [1.29, 1.82) is 0 Å². The van der Waals surface area contributed by atoms with Gasteiger partial charge in [-0.3, -0.25) is 0 Å². The molecule has 0 amide bonds. The number of para-hydroxylation sites is 1. The molecule has 0 N–H and O–H groups in total. The van der Waals surface area contributed by atoms with E-state index in [1.54, 1.807) is 12.1 Å². The van der Waals surface area contributed by atoms with E-state index in [2.05, 4.69) is 10.4 Å². The third-order valence-corrected chi connectivity index (χ3v) is 3.25. The number of nitrogens with zero attached hydrogens (tertiary/aromatic N) is 5. The molecule has 0 radical (unpaired) electrons. The minimum atomic E-state index is -0.503. The first kappa shape index (κ1) is 12.8. The average Bonchev–Trinajstić information content (AvgIpc) is 2.80. The lowest BCUT2D eigenvalue weighted by atomic mass is 10.2. The summed E-state index contributed by atoms with van der Waals surface area (Å²) in [5, 5.41) is 7.35. The number of halogens is 1. The number of benzene rings is 1. The van der Waals surface area contributed by atoms with E-state index in [1.165, 1.54) is 13.1 Å². The van der Waals surface area contributed by atoms with E-state index < -0.39 is 11.5 Å². The standard InChI is InChI=1S/C12H14FN5O2/c1-16-12(19)18(15-14-16)11-9(13)3-2-4-10(11)17-5-7-20-8-6-17/h2-4H,5-8H2,1H3. The molecule has 8 heteroatoms. The maximum Gasteiger partial charge on any atom is 0.368 e. The Labute approximate surface area is 114 Å². The number of aryl methyl sites for hydroxylation is 1. The average molecular weight is 279 g/mol. The third-order valence-electron chi connectivity index (χ3n) is 3.25. The lowest BCUT2D eigenvalue weighted by molar-refractivity contribution is 0.122. The van der Waals surface area contributed by atoms with Crippen LogP contribution in [0.1, 0.15) is 0 Å². The summed E-state index contributed by atoms with van der Waals surface area (Å²) < 4.78 is 21.5. The van der Waals surface area contributed by atoms with Crippen LogP contribution < -0.4 is 10.6 Å². The van der Waals surface area contributed by atoms with Gasteiger partial charge in [0.2, 0.25) is 0 Å². The van der Waals surface area contributed by atoms with Gasteiger partial charge in [0, 0.05) is 20.1 Å². The molecule has 1 aromatic heterocycles. The Hall–Kier alpha value is -2.22. The first-order chi connectivity index (χ1) is 9.68. The van der Waals surface area contributed by atoms with E-state index >= 15 is 0 Å². The summed E-state index contributed by atoms with van der Waals surface area (Å²) >= 11 is 0. The van der Waals surface area contributed by atoms with Gasteiger partial charge in [-0.1, -0.05) is 6.07 Å². The molecule has 20 heavy (non-hydrogen) atoms. The van der Waals surface area contributed by atoms with Crippen molar-refractivity contribution < 1.29 is 9.13 Å². The molecule has 0 aliphatic carbocycles. The van der Waals surface area contributed by atoms with Gasteiger partial charge in [-0.25, -0.2) is 9.18 Å². The van der Waals surface area contributed by atoms with E-state index in [9.17, 15) is 9.18 Å². The van der Waals surface area contributed by atoms with Gasteiger partial charge < -0.3 is 9.64 Å². The highest BCUT2D eigenvalue weighted by atomic mass is 19.1. The van der Waals surface area contributed by atoms with Crippen LogP contribution in [0.2, 0.25) is 0 Å². The lowest BCUT2D eigenvalue weighted by Crippen LogP contribution is -2.37. The van der Waals surface area contributed by atoms with Crippen LogP contribution in [-0.4, -0.2) is 46.1 Å². The number of rotatable bonds is 2. The van der Waals surface area contributed by atoms with Gasteiger partial charge in [0.25, 0.3) is 0 Å². The number of anilines is 1. The molecule has 2 heterocycles. The molecule has 0 spiro atoms. The minimum Gasteiger partial charge on any atom is -0.378 e. The Morgan fingerprint density at radius 3 is 2.65 bits per heavy atom. The zero-order valence-corrected chi connectivity index (χ0v) is 11.0. The number of hydrogen-bond donors (Lipinski definition) is 0. The Bertz CT molecular complexity index is 675. The molecular weight excluding hydrogens is 265 g/mol. The van der Waals surface area contributed by atoms with Crippen LogP contribution in [-0.2, 0) is 11.8 Å². The number of aromatic nitrogens is 4. The second kappa shape index (κ2) is 5.04. The second-order valence-corrected chi connectivity index (χ2v) is 4.50. The fourth-order valence-corrected chi connectivity index (χ4v) is 2.23. The van der Waals surface area contributed by atoms with Gasteiger partial charge in [0.1, 0.15) is 5.69 Å². The van der Waals surface area contributed by atoms with Crippen LogP contribution in [0.5, 0.6) is 0 Å². The normalized spacial score (nSPS) is 15.6. The van der Waals surface area contributed by atoms with Gasteiger partial charge in [-0.15, -0.1) is 0 Å². The molecule has 7 nitrogen and oxygen atoms in total. The van der Waals surface area contributed by atoms with Crippen molar-refractivity contribution in [3.63, 3.8) is 0 Å². The zero-order valence-electron chi connectivity index (χ0n) is 11.0. The monoisotopic (exact) mass is 279 g/mol. The van der Waals surface area contributed by atoms with Gasteiger partial charge in [0.15, 0.2) is 5.82 Å². The quantitative estimate of drug-likeness (QED) is 0.770. The molecule has 2 aromatic rings. The molecule has 1 aliphatic heterocycles. The topological polar surface area (TPSA) is 65.2 Å². The molecule has 1 aromatic carbocycles. The Morgan fingerprint density at radius 2 is 2.00 bits per heavy atom. The fourth-order valence-electron chi connectivity index (χ4n) is 2.23. The SMILES string of the molecule is Cn1nnn(-c2c(F)cccc2N2CCOCC2)c1=O. The molecule has 0 atom stereocenters. The highest BCUT2D eigenvalue weighted by molar-refractivity contribution is 5.63. The van der Waals surface area contributed by atoms with Crippen LogP contribution in [0.25, 0.3) is 5.69 Å². The van der Waals surface area contributed by atoms with Crippen LogP contribution in [0, 0.1) is 5.82 Å². The summed E-state index contributed by atoms with van der Waals surface area (Å²) in [5.74, 6) is -0.503. The van der Waals surface area contributed by atoms with Crippen molar-refractivity contribution in [3.05, 3.63) is 34.5 Å². The maximum absolute atomic E-state index is 14.2. The van der Waals surface area contributed by atoms with Crippen molar-refractivity contribution in [1.82, 2.24) is 19.8 Å². The van der Waals surface area contributed by atoms with Gasteiger partial charge in [-0.2, -0.15) is 9.36 Å². The van der Waals surface area contributed by atoms with Crippen LogP contribution in [0.3, 0.4) is 0 Å². The van der Waals surface area contributed by atoms with Crippen molar-refractivity contribution >= 4 is 5.69 Å². The molecule has 0 bridgehead atoms. The van der Waals surface area contributed by atoms with Crippen LogP contribution in [0.4, 0.5) is 10.1 Å². The number of tetrazole rings is 1. The number of ether oxygens (including phenoxy) is 1. The zero-order chi connectivity index (χ0) is 14.1. The highest BCUT2D eigenvalue weighted by Gasteiger charge is 2.21. The van der Waals surface area contributed by atoms with Crippen LogP contribution >= 0.6 is 0 Å². The summed E-state index contributed by atoms with van der Waals surface area (Å²) in [5.41, 5.74) is 0.271. The van der Waals surface area contributed by atoms with Gasteiger partial charge >= 0.3 is 5.69 Å². The summed E-state index contributed by atoms with van der Waals surface area (Å²) in [7, 11) is 1.47. The summed E-state index contributed by atoms with van der Waals surface area (Å²) in [4.78, 5) is 13.9. The maximum atomic E-state index is 14.2. The number of hydrogen-bond acceptors (Lipinski definition) is 5. The van der Waals surface area contributed by atoms with Crippen LogP contribution in [0.15, 0.2) is 23.0 Å². The molecule has 0 unspecified atom stereocenters. The van der Waals surface area contributed by atoms with E-state index in [0.29, 0.717) is 32.0 Å². The van der Waals surface area contributed by atoms with E-state index in [1.807, 2.05) is 4.90 Å². The molecule has 106 valence electrons. The van der Waals surface area contributed by atoms with Gasteiger partial charge in [-0.05, 0) is 22.6 Å². The lowest BCUT2D eigenvalue weighted by Gasteiger charge is -2.30. The smallest absolute Gasteiger partial charge is 0.368 e. The molecule has 1 fully saturated rings. The Balaban J connectivity index is 2.14. The predicted molar refractivity (Wildman–Crippen MR) is 69.6 cm³/mol. The van der Waals surface area contributed by atoms with Crippen molar-refractivity contribution in [2.45, 2.75) is 0 Å². The first-order valence-corrected chi connectivity index (χ1v) is 6.29. The Morgan fingerprint density at radius 1 is 1.25 bits per heavy atom. The van der Waals surface area contributed by atoms with E-state index in [4.69, 9.17) is 4.74 Å². The summed E-state index contributed by atoms with van der Waals surface area (Å²) in [6.07, 6.45) is 0. The minimum absolute atomic E-state index is 0.132. The second-order valence-electron chi connectivity index (χ2n) is 4.50. The van der Waals surface area contributed by atoms with E-state index in [0.717, 1.165) is 9.36 Å². The number of morpholine rings is 1. The Kier molecular flexibility index (Phi) is 3.23. The van der Waals surface area contributed by atoms with Crippen molar-refractivity contribution in [2.75, 3.05) is 31.2 Å². The molecule has 1 aliphatic rings.